The van der Waals surface area contributed by atoms with Gasteiger partial charge in [0.05, 0.1) is 5.52 Å². The summed E-state index contributed by atoms with van der Waals surface area (Å²) in [5.41, 5.74) is 1.35. The van der Waals surface area contributed by atoms with Crippen LogP contribution in [-0.4, -0.2) is 20.1 Å². The second-order valence-corrected chi connectivity index (χ2v) is 5.56. The van der Waals surface area contributed by atoms with Crippen LogP contribution in [0.5, 0.6) is 5.88 Å². The van der Waals surface area contributed by atoms with Gasteiger partial charge in [0, 0.05) is 20.7 Å². The van der Waals surface area contributed by atoms with Gasteiger partial charge in [0.15, 0.2) is 5.69 Å². The Balaban J connectivity index is 2.09. The molecule has 2 aromatic heterocycles. The summed E-state index contributed by atoms with van der Waals surface area (Å²) in [6, 6.07) is 6.97. The molecule has 3 rings (SSSR count). The molecule has 0 fully saturated rings. The minimum atomic E-state index is -0.297. The van der Waals surface area contributed by atoms with E-state index in [1.54, 1.807) is 6.92 Å². The van der Waals surface area contributed by atoms with Crippen molar-refractivity contribution in [3.8, 4) is 5.88 Å². The fourth-order valence-electron chi connectivity index (χ4n) is 1.96. The zero-order valence-electron chi connectivity index (χ0n) is 10.9. The molecule has 0 aliphatic rings. The van der Waals surface area contributed by atoms with Gasteiger partial charge in [0.25, 0.3) is 5.56 Å². The molecule has 3 aromatic rings. The van der Waals surface area contributed by atoms with E-state index in [1.165, 1.54) is 6.07 Å². The Labute approximate surface area is 132 Å². The maximum Gasteiger partial charge on any atom is 0.252 e. The summed E-state index contributed by atoms with van der Waals surface area (Å²) in [6.07, 6.45) is 0. The summed E-state index contributed by atoms with van der Waals surface area (Å²) in [5.74, 6) is 0.0206. The third-order valence-corrected chi connectivity index (χ3v) is 3.74. The lowest BCUT2D eigenvalue weighted by Gasteiger charge is -1.95. The van der Waals surface area contributed by atoms with E-state index in [0.29, 0.717) is 11.4 Å². The zero-order valence-corrected chi connectivity index (χ0v) is 13.0. The molecule has 3 N–H and O–H groups in total. The first-order valence-corrected chi connectivity index (χ1v) is 7.11. The quantitative estimate of drug-likeness (QED) is 0.458. The molecule has 0 unspecified atom stereocenters. The highest BCUT2D eigenvalue weighted by Gasteiger charge is 2.12. The largest absolute Gasteiger partial charge is 0.493 e. The number of H-pyrrole nitrogens is 2. The molecule has 8 heteroatoms. The van der Waals surface area contributed by atoms with Gasteiger partial charge in [-0.25, -0.2) is 4.98 Å². The predicted molar refractivity (Wildman–Crippen MR) is 86.5 cm³/mol. The lowest BCUT2D eigenvalue weighted by molar-refractivity contribution is 0.459. The van der Waals surface area contributed by atoms with Crippen molar-refractivity contribution in [3.05, 3.63) is 43.9 Å². The third kappa shape index (κ3) is 2.66. The number of azo groups is 1. The topological polar surface area (TPSA) is 106 Å². The number of aryl methyl sites for hydroxylation is 1. The number of fused-ring (bicyclic) bond motifs is 1. The maximum absolute atomic E-state index is 11.3. The number of para-hydroxylation sites is 1. The molecule has 0 aliphatic heterocycles. The third-order valence-electron chi connectivity index (χ3n) is 2.84. The van der Waals surface area contributed by atoms with Gasteiger partial charge in [0.1, 0.15) is 0 Å². The molecule has 0 saturated carbocycles. The number of nitrogens with zero attached hydrogens (tertiary/aromatic N) is 3. The van der Waals surface area contributed by atoms with Crippen LogP contribution >= 0.6 is 22.6 Å². The Morgan fingerprint density at radius 2 is 2.10 bits per heavy atom. The summed E-state index contributed by atoms with van der Waals surface area (Å²) in [6.45, 7) is 1.69. The van der Waals surface area contributed by atoms with Crippen LogP contribution in [0.15, 0.2) is 39.3 Å². The average molecular weight is 395 g/mol. The van der Waals surface area contributed by atoms with E-state index in [-0.39, 0.29) is 17.4 Å². The molecule has 0 radical (unpaired) electrons. The van der Waals surface area contributed by atoms with Gasteiger partial charge in [-0.3, -0.25) is 9.78 Å². The minimum absolute atomic E-state index is 0.0760. The summed E-state index contributed by atoms with van der Waals surface area (Å²) in [4.78, 5) is 20.7. The van der Waals surface area contributed by atoms with E-state index in [1.807, 2.05) is 18.2 Å². The van der Waals surface area contributed by atoms with E-state index >= 15 is 0 Å². The van der Waals surface area contributed by atoms with Crippen LogP contribution in [-0.2, 0) is 0 Å². The molecule has 0 atom stereocenters. The van der Waals surface area contributed by atoms with E-state index in [9.17, 15) is 9.90 Å². The normalized spacial score (nSPS) is 11.5. The first-order valence-electron chi connectivity index (χ1n) is 6.03. The Kier molecular flexibility index (Phi) is 3.45. The maximum atomic E-state index is 11.3. The second-order valence-electron chi connectivity index (χ2n) is 4.39. The van der Waals surface area contributed by atoms with E-state index < -0.39 is 0 Å². The Hall–Kier alpha value is -2.23. The van der Waals surface area contributed by atoms with Crippen molar-refractivity contribution >= 4 is 45.1 Å². The fraction of sp³-hybridized carbons (Fsp3) is 0.0769. The molecule has 7 nitrogen and oxygen atoms in total. The van der Waals surface area contributed by atoms with Crippen LogP contribution in [0.25, 0.3) is 10.9 Å². The van der Waals surface area contributed by atoms with Gasteiger partial charge in [-0.2, -0.15) is 0 Å². The highest BCUT2D eigenvalue weighted by Crippen LogP contribution is 2.37. The van der Waals surface area contributed by atoms with Gasteiger partial charge in [-0.05, 0) is 35.6 Å². The molecule has 21 heavy (non-hydrogen) atoms. The van der Waals surface area contributed by atoms with Gasteiger partial charge >= 0.3 is 0 Å². The number of aromatic nitrogens is 3. The summed E-state index contributed by atoms with van der Waals surface area (Å²) < 4.78 is 0.962. The van der Waals surface area contributed by atoms with Crippen LogP contribution in [0.2, 0.25) is 0 Å². The number of nitrogens with one attached hydrogen (secondary N) is 2. The van der Waals surface area contributed by atoms with Crippen molar-refractivity contribution in [1.82, 2.24) is 15.0 Å². The molecule has 0 spiro atoms. The number of benzene rings is 1. The smallest absolute Gasteiger partial charge is 0.252 e. The number of halogens is 1. The first kappa shape index (κ1) is 13.7. The highest BCUT2D eigenvalue weighted by atomic mass is 127. The molecule has 0 amide bonds. The fourth-order valence-corrected chi connectivity index (χ4v) is 2.60. The van der Waals surface area contributed by atoms with E-state index in [2.05, 4.69) is 47.8 Å². The molecule has 1 aromatic carbocycles. The summed E-state index contributed by atoms with van der Waals surface area (Å²) in [7, 11) is 0. The summed E-state index contributed by atoms with van der Waals surface area (Å²) >= 11 is 2.16. The number of hydrogen-bond acceptors (Lipinski definition) is 5. The van der Waals surface area contributed by atoms with Gasteiger partial charge in [-0.15, -0.1) is 10.2 Å². The number of aromatic amines is 2. The molecular formula is C13H10IN5O2. The van der Waals surface area contributed by atoms with Crippen molar-refractivity contribution in [2.45, 2.75) is 6.92 Å². The Morgan fingerprint density at radius 1 is 1.29 bits per heavy atom. The highest BCUT2D eigenvalue weighted by molar-refractivity contribution is 14.1. The zero-order chi connectivity index (χ0) is 15.0. The van der Waals surface area contributed by atoms with E-state index in [0.717, 1.165) is 14.5 Å². The SMILES string of the molecule is Cc1cc(=O)[nH]c(N=Nc2c(O)[nH]c3c(I)cccc23)n1. The monoisotopic (exact) mass is 395 g/mol. The number of hydrogen-bond donors (Lipinski definition) is 3. The lowest BCUT2D eigenvalue weighted by Crippen LogP contribution is -2.05. The molecule has 0 saturated heterocycles. The van der Waals surface area contributed by atoms with Crippen molar-refractivity contribution in [3.63, 3.8) is 0 Å². The Bertz CT molecular complexity index is 913. The van der Waals surface area contributed by atoms with Crippen LogP contribution in [0.4, 0.5) is 11.6 Å². The average Bonchev–Trinajstić information content (AvgIpc) is 2.73. The molecule has 2 heterocycles. The van der Waals surface area contributed by atoms with Crippen molar-refractivity contribution < 1.29 is 5.11 Å². The molecule has 0 bridgehead atoms. The van der Waals surface area contributed by atoms with Gasteiger partial charge in [-0.1, -0.05) is 12.1 Å². The van der Waals surface area contributed by atoms with Gasteiger partial charge in [0.2, 0.25) is 11.8 Å². The van der Waals surface area contributed by atoms with Crippen LogP contribution in [0.1, 0.15) is 5.69 Å². The molecular weight excluding hydrogens is 385 g/mol. The standard InChI is InChI=1S/C13H10IN5O2/c1-6-5-9(20)16-13(15-6)19-18-11-7-3-2-4-8(14)10(7)17-12(11)21/h2-5,17,21H,1H3,(H,15,16,20). The van der Waals surface area contributed by atoms with Crippen LogP contribution < -0.4 is 5.56 Å². The number of rotatable bonds is 2. The van der Waals surface area contributed by atoms with Crippen LogP contribution in [0.3, 0.4) is 0 Å². The predicted octanol–water partition coefficient (Wildman–Crippen LogP) is 3.29. The van der Waals surface area contributed by atoms with Crippen molar-refractivity contribution in [1.29, 1.82) is 0 Å². The van der Waals surface area contributed by atoms with E-state index in [4.69, 9.17) is 0 Å². The van der Waals surface area contributed by atoms with Crippen LogP contribution in [0, 0.1) is 10.5 Å². The minimum Gasteiger partial charge on any atom is -0.493 e. The van der Waals surface area contributed by atoms with Gasteiger partial charge < -0.3 is 10.1 Å². The lowest BCUT2D eigenvalue weighted by atomic mass is 10.2. The second kappa shape index (κ2) is 5.28. The van der Waals surface area contributed by atoms with Crippen molar-refractivity contribution in [2.24, 2.45) is 10.2 Å². The Morgan fingerprint density at radius 3 is 2.86 bits per heavy atom. The molecule has 0 aliphatic carbocycles. The molecule has 106 valence electrons. The summed E-state index contributed by atoms with van der Waals surface area (Å²) in [5, 5.41) is 18.6. The number of aromatic hydroxyl groups is 1. The van der Waals surface area contributed by atoms with Crippen molar-refractivity contribution in [2.75, 3.05) is 0 Å². The first-order chi connectivity index (χ1) is 10.0.